The highest BCUT2D eigenvalue weighted by atomic mass is 14.9. The van der Waals surface area contributed by atoms with E-state index >= 15 is 0 Å². The zero-order chi connectivity index (χ0) is 7.99. The fraction of sp³-hybridized carbons (Fsp3) is 1.00. The van der Waals surface area contributed by atoms with E-state index in [-0.39, 0.29) is 0 Å². The van der Waals surface area contributed by atoms with Gasteiger partial charge in [-0.15, -0.1) is 0 Å². The molecule has 1 nitrogen and oxygen atoms in total. The minimum absolute atomic E-state index is 0.312. The third-order valence-electron chi connectivity index (χ3n) is 3.12. The zero-order valence-corrected chi connectivity index (χ0v) is 7.78. The molecule has 0 amide bonds. The van der Waals surface area contributed by atoms with E-state index in [1.807, 2.05) is 0 Å². The largest absolute Gasteiger partial charge is 0.351 e. The van der Waals surface area contributed by atoms with Crippen molar-refractivity contribution >= 4 is 6.85 Å². The first-order chi connectivity index (χ1) is 4.35. The molecule has 0 aliphatic carbocycles. The molecular formula is C8H18BN. The smallest absolute Gasteiger partial charge is 0.218 e. The highest BCUT2D eigenvalue weighted by Gasteiger charge is 2.45. The van der Waals surface area contributed by atoms with Gasteiger partial charge < -0.3 is 5.23 Å². The Kier molecular flexibility index (Phi) is 1.63. The molecule has 1 heterocycles. The molecule has 1 fully saturated rings. The van der Waals surface area contributed by atoms with Crippen molar-refractivity contribution in [2.75, 3.05) is 0 Å². The summed E-state index contributed by atoms with van der Waals surface area (Å²) in [6.45, 7) is 12.2. The van der Waals surface area contributed by atoms with E-state index in [2.05, 4.69) is 39.7 Å². The van der Waals surface area contributed by atoms with Crippen molar-refractivity contribution in [2.24, 2.45) is 5.41 Å². The van der Waals surface area contributed by atoms with Gasteiger partial charge in [0, 0.05) is 5.54 Å². The van der Waals surface area contributed by atoms with Crippen LogP contribution in [0.1, 0.15) is 27.7 Å². The van der Waals surface area contributed by atoms with Crippen LogP contribution in [0.15, 0.2) is 0 Å². The molecule has 0 aromatic carbocycles. The van der Waals surface area contributed by atoms with Gasteiger partial charge in [0.15, 0.2) is 0 Å². The number of rotatable bonds is 0. The standard InChI is InChI=1S/C8H18BN/c1-7(2)6-9(5)10-8(7,3)4/h10H,6H2,1-5H3. The van der Waals surface area contributed by atoms with Crippen molar-refractivity contribution < 1.29 is 0 Å². The molecule has 0 unspecified atom stereocenters. The average Bonchev–Trinajstić information content (AvgIpc) is 1.73. The van der Waals surface area contributed by atoms with Crippen molar-refractivity contribution in [3.05, 3.63) is 0 Å². The summed E-state index contributed by atoms with van der Waals surface area (Å²) in [5.74, 6) is 0. The normalized spacial score (nSPS) is 29.1. The summed E-state index contributed by atoms with van der Waals surface area (Å²) >= 11 is 0. The molecule has 0 aromatic rings. The van der Waals surface area contributed by atoms with Crippen LogP contribution in [-0.4, -0.2) is 12.4 Å². The topological polar surface area (TPSA) is 12.0 Å². The fourth-order valence-corrected chi connectivity index (χ4v) is 1.88. The molecule has 0 radical (unpaired) electrons. The Hall–Kier alpha value is 0.0249. The summed E-state index contributed by atoms with van der Waals surface area (Å²) < 4.78 is 0. The summed E-state index contributed by atoms with van der Waals surface area (Å²) in [6, 6.07) is 0. The molecule has 58 valence electrons. The van der Waals surface area contributed by atoms with Crippen LogP contribution in [0, 0.1) is 5.41 Å². The van der Waals surface area contributed by atoms with Gasteiger partial charge in [-0.25, -0.2) is 0 Å². The van der Waals surface area contributed by atoms with Gasteiger partial charge in [0.25, 0.3) is 0 Å². The van der Waals surface area contributed by atoms with Crippen LogP contribution in [0.3, 0.4) is 0 Å². The summed E-state index contributed by atoms with van der Waals surface area (Å²) in [7, 11) is 0. The molecule has 1 aliphatic heterocycles. The van der Waals surface area contributed by atoms with Crippen LogP contribution < -0.4 is 5.23 Å². The maximum atomic E-state index is 3.58. The Morgan fingerprint density at radius 3 is 1.80 bits per heavy atom. The second-order valence-corrected chi connectivity index (χ2v) is 4.76. The van der Waals surface area contributed by atoms with Crippen LogP contribution in [0.25, 0.3) is 0 Å². The molecule has 0 spiro atoms. The van der Waals surface area contributed by atoms with Gasteiger partial charge in [-0.1, -0.05) is 27.0 Å². The van der Waals surface area contributed by atoms with Crippen molar-refractivity contribution in [1.82, 2.24) is 5.23 Å². The Morgan fingerprint density at radius 1 is 1.20 bits per heavy atom. The third-order valence-corrected chi connectivity index (χ3v) is 3.12. The van der Waals surface area contributed by atoms with Gasteiger partial charge in [-0.05, 0) is 19.3 Å². The van der Waals surface area contributed by atoms with Crippen molar-refractivity contribution in [1.29, 1.82) is 0 Å². The Labute approximate surface area is 64.7 Å². The molecule has 1 N–H and O–H groups in total. The number of hydrogen-bond acceptors (Lipinski definition) is 1. The Morgan fingerprint density at radius 2 is 1.70 bits per heavy atom. The van der Waals surface area contributed by atoms with Crippen LogP contribution in [0.5, 0.6) is 0 Å². The SMILES string of the molecule is CB1CC(C)(C)C(C)(C)N1. The second-order valence-electron chi connectivity index (χ2n) is 4.76. The van der Waals surface area contributed by atoms with Crippen molar-refractivity contribution in [3.63, 3.8) is 0 Å². The summed E-state index contributed by atoms with van der Waals surface area (Å²) in [5.41, 5.74) is 0.763. The van der Waals surface area contributed by atoms with Gasteiger partial charge in [0.05, 0.1) is 0 Å². The Bertz CT molecular complexity index is 124. The molecule has 0 saturated carbocycles. The lowest BCUT2D eigenvalue weighted by Crippen LogP contribution is -2.45. The van der Waals surface area contributed by atoms with Gasteiger partial charge >= 0.3 is 0 Å². The van der Waals surface area contributed by atoms with Crippen LogP contribution >= 0.6 is 0 Å². The lowest BCUT2D eigenvalue weighted by atomic mass is 9.59. The van der Waals surface area contributed by atoms with Crippen molar-refractivity contribution in [2.45, 2.75) is 46.4 Å². The van der Waals surface area contributed by atoms with E-state index in [4.69, 9.17) is 0 Å². The van der Waals surface area contributed by atoms with E-state index in [0.717, 1.165) is 0 Å². The highest BCUT2D eigenvalue weighted by molar-refractivity contribution is 6.55. The monoisotopic (exact) mass is 139 g/mol. The third kappa shape index (κ3) is 1.09. The predicted molar refractivity (Wildman–Crippen MR) is 47.4 cm³/mol. The maximum Gasteiger partial charge on any atom is 0.218 e. The number of hydrogen-bond donors (Lipinski definition) is 1. The molecule has 10 heavy (non-hydrogen) atoms. The predicted octanol–water partition coefficient (Wildman–Crippen LogP) is 2.02. The Balaban J connectivity index is 2.78. The summed E-state index contributed by atoms with van der Waals surface area (Å²) in [5, 5.41) is 3.58. The van der Waals surface area contributed by atoms with Crippen LogP contribution in [-0.2, 0) is 0 Å². The molecule has 1 saturated heterocycles. The minimum Gasteiger partial charge on any atom is -0.351 e. The van der Waals surface area contributed by atoms with E-state index in [1.54, 1.807) is 0 Å². The quantitative estimate of drug-likeness (QED) is 0.506. The zero-order valence-electron chi connectivity index (χ0n) is 7.78. The summed E-state index contributed by atoms with van der Waals surface area (Å²) in [6.07, 6.45) is 1.29. The van der Waals surface area contributed by atoms with E-state index in [0.29, 0.717) is 17.8 Å². The van der Waals surface area contributed by atoms with Gasteiger partial charge in [-0.3, -0.25) is 0 Å². The summed E-state index contributed by atoms with van der Waals surface area (Å²) in [4.78, 5) is 0. The first-order valence-corrected chi connectivity index (χ1v) is 4.13. The maximum absolute atomic E-state index is 3.58. The molecule has 2 heteroatoms. The van der Waals surface area contributed by atoms with Gasteiger partial charge in [0.2, 0.25) is 6.85 Å². The second kappa shape index (κ2) is 2.01. The van der Waals surface area contributed by atoms with E-state index in [1.165, 1.54) is 6.32 Å². The van der Waals surface area contributed by atoms with Gasteiger partial charge in [0.1, 0.15) is 0 Å². The molecule has 1 aliphatic rings. The highest BCUT2D eigenvalue weighted by Crippen LogP contribution is 2.40. The van der Waals surface area contributed by atoms with Gasteiger partial charge in [-0.2, -0.15) is 0 Å². The number of nitrogens with one attached hydrogen (secondary N) is 1. The lowest BCUT2D eigenvalue weighted by Gasteiger charge is -2.35. The molecule has 0 atom stereocenters. The first-order valence-electron chi connectivity index (χ1n) is 4.13. The molecular weight excluding hydrogens is 121 g/mol. The minimum atomic E-state index is 0.312. The van der Waals surface area contributed by atoms with Crippen molar-refractivity contribution in [3.8, 4) is 0 Å². The van der Waals surface area contributed by atoms with E-state index in [9.17, 15) is 0 Å². The lowest BCUT2D eigenvalue weighted by molar-refractivity contribution is 0.236. The molecule has 1 rings (SSSR count). The molecule has 0 bridgehead atoms. The van der Waals surface area contributed by atoms with Crippen LogP contribution in [0.4, 0.5) is 0 Å². The fourth-order valence-electron chi connectivity index (χ4n) is 1.88. The van der Waals surface area contributed by atoms with Crippen LogP contribution in [0.2, 0.25) is 13.1 Å². The first kappa shape index (κ1) is 8.12. The molecule has 0 aromatic heterocycles. The van der Waals surface area contributed by atoms with E-state index < -0.39 is 0 Å². The average molecular weight is 139 g/mol.